The lowest BCUT2D eigenvalue weighted by Crippen LogP contribution is -2.40. The molecule has 0 unspecified atom stereocenters. The van der Waals surface area contributed by atoms with Crippen LogP contribution in [0, 0.1) is 18.8 Å². The van der Waals surface area contributed by atoms with Crippen LogP contribution in [0.4, 0.5) is 5.69 Å². The fraction of sp³-hybridized carbons (Fsp3) is 0.500. The van der Waals surface area contributed by atoms with E-state index in [0.717, 1.165) is 33.2 Å². The molecule has 0 amide bonds. The van der Waals surface area contributed by atoms with Gasteiger partial charge in [0.1, 0.15) is 0 Å². The van der Waals surface area contributed by atoms with Crippen molar-refractivity contribution < 1.29 is 0 Å². The number of aromatic nitrogens is 1. The summed E-state index contributed by atoms with van der Waals surface area (Å²) >= 11 is 7.20. The molecule has 2 aromatic rings. The van der Waals surface area contributed by atoms with Gasteiger partial charge in [0.15, 0.2) is 5.11 Å². The van der Waals surface area contributed by atoms with Gasteiger partial charge in [0.25, 0.3) is 0 Å². The molecule has 4 rings (SSSR count). The molecule has 0 saturated heterocycles. The summed E-state index contributed by atoms with van der Waals surface area (Å²) in [5.41, 5.74) is 2.11. The topological polar surface area (TPSA) is 37.0 Å². The summed E-state index contributed by atoms with van der Waals surface area (Å²) in [5, 5.41) is 8.71. The van der Waals surface area contributed by atoms with Gasteiger partial charge in [0, 0.05) is 11.7 Å². The average Bonchev–Trinajstić information content (AvgIpc) is 3.11. The molecule has 3 nitrogen and oxygen atoms in total. The highest BCUT2D eigenvalue weighted by molar-refractivity contribution is 7.80. The lowest BCUT2D eigenvalue weighted by molar-refractivity contribution is 0.392. The number of benzene rings is 1. The third-order valence-corrected chi connectivity index (χ3v) is 5.96. The Kier molecular flexibility index (Phi) is 3.34. The molecule has 3 atom stereocenters. The van der Waals surface area contributed by atoms with E-state index >= 15 is 0 Å². The minimum atomic E-state index is 0.582. The number of aryl methyl sites for hydroxylation is 1. The highest BCUT2D eigenvalue weighted by Gasteiger charge is 2.39. The number of anilines is 1. The Bertz CT molecular complexity index is 694. The highest BCUT2D eigenvalue weighted by atomic mass is 32.1. The molecule has 2 aliphatic rings. The number of hydrogen-bond acceptors (Lipinski definition) is 3. The molecule has 0 aliphatic heterocycles. The second-order valence-corrected chi connectivity index (χ2v) is 7.94. The van der Waals surface area contributed by atoms with Crippen molar-refractivity contribution in [2.75, 3.05) is 5.32 Å². The number of thiazole rings is 1. The molecule has 110 valence electrons. The van der Waals surface area contributed by atoms with Crippen molar-refractivity contribution in [1.82, 2.24) is 10.3 Å². The van der Waals surface area contributed by atoms with Crippen molar-refractivity contribution in [3.8, 4) is 0 Å². The van der Waals surface area contributed by atoms with E-state index in [9.17, 15) is 0 Å². The van der Waals surface area contributed by atoms with Crippen LogP contribution >= 0.6 is 23.6 Å². The summed E-state index contributed by atoms with van der Waals surface area (Å²) in [6.45, 7) is 2.04. The quantitative estimate of drug-likeness (QED) is 0.818. The molecule has 1 aromatic carbocycles. The summed E-state index contributed by atoms with van der Waals surface area (Å²) < 4.78 is 1.21. The van der Waals surface area contributed by atoms with E-state index in [1.807, 2.05) is 6.92 Å². The van der Waals surface area contributed by atoms with Gasteiger partial charge in [-0.1, -0.05) is 6.42 Å². The van der Waals surface area contributed by atoms with Gasteiger partial charge in [-0.05, 0) is 68.4 Å². The summed E-state index contributed by atoms with van der Waals surface area (Å²) in [6, 6.07) is 6.82. The Morgan fingerprint density at radius 3 is 3.00 bits per heavy atom. The van der Waals surface area contributed by atoms with Crippen molar-refractivity contribution in [2.24, 2.45) is 11.8 Å². The average molecular weight is 317 g/mol. The number of hydrogen-bond donors (Lipinski definition) is 2. The predicted molar refractivity (Wildman–Crippen MR) is 92.9 cm³/mol. The molecular formula is C16H19N3S2. The van der Waals surface area contributed by atoms with Gasteiger partial charge < -0.3 is 10.6 Å². The second kappa shape index (κ2) is 5.21. The lowest BCUT2D eigenvalue weighted by atomic mass is 9.96. The van der Waals surface area contributed by atoms with Gasteiger partial charge in [-0.15, -0.1) is 11.3 Å². The zero-order valence-corrected chi connectivity index (χ0v) is 13.7. The van der Waals surface area contributed by atoms with Crippen molar-refractivity contribution in [3.63, 3.8) is 0 Å². The van der Waals surface area contributed by atoms with Crippen molar-refractivity contribution in [3.05, 3.63) is 23.2 Å². The number of thiocarbonyl (C=S) groups is 1. The zero-order valence-electron chi connectivity index (χ0n) is 12.1. The van der Waals surface area contributed by atoms with E-state index in [2.05, 4.69) is 33.8 Å². The molecule has 0 spiro atoms. The molecule has 2 bridgehead atoms. The first-order valence-corrected chi connectivity index (χ1v) is 8.84. The minimum Gasteiger partial charge on any atom is -0.359 e. The molecule has 2 N–H and O–H groups in total. The molecule has 0 radical (unpaired) electrons. The standard InChI is InChI=1S/C16H19N3S2/c1-9-17-13-5-4-12(8-15(13)21-9)18-16(20)19-14-7-10-2-3-11(14)6-10/h4-5,8,10-11,14H,2-3,6-7H2,1H3,(H2,18,19,20)/t10-,11-,14+/m1/s1. The van der Waals surface area contributed by atoms with E-state index in [0.29, 0.717) is 6.04 Å². The normalized spacial score (nSPS) is 27.2. The maximum atomic E-state index is 5.48. The predicted octanol–water partition coefficient (Wildman–Crippen LogP) is 4.08. The van der Waals surface area contributed by atoms with Crippen molar-refractivity contribution in [2.45, 2.75) is 38.6 Å². The summed E-state index contributed by atoms with van der Waals surface area (Å²) in [4.78, 5) is 4.48. The Morgan fingerprint density at radius 1 is 1.33 bits per heavy atom. The van der Waals surface area contributed by atoms with Gasteiger partial charge in [-0.25, -0.2) is 4.98 Å². The smallest absolute Gasteiger partial charge is 0.171 e. The maximum absolute atomic E-state index is 5.48. The molecule has 2 saturated carbocycles. The lowest BCUT2D eigenvalue weighted by Gasteiger charge is -2.24. The van der Waals surface area contributed by atoms with Gasteiger partial charge in [0.2, 0.25) is 0 Å². The first-order chi connectivity index (χ1) is 10.2. The Hall–Kier alpha value is -1.20. The Labute approximate surface area is 134 Å². The number of rotatable bonds is 2. The van der Waals surface area contributed by atoms with Crippen LogP contribution in [-0.4, -0.2) is 16.1 Å². The maximum Gasteiger partial charge on any atom is 0.171 e. The van der Waals surface area contributed by atoms with Crippen LogP contribution < -0.4 is 10.6 Å². The van der Waals surface area contributed by atoms with E-state index in [4.69, 9.17) is 12.2 Å². The van der Waals surface area contributed by atoms with E-state index in [1.54, 1.807) is 11.3 Å². The van der Waals surface area contributed by atoms with Crippen LogP contribution in [0.25, 0.3) is 10.2 Å². The number of fused-ring (bicyclic) bond motifs is 3. The van der Waals surface area contributed by atoms with E-state index in [-0.39, 0.29) is 0 Å². The highest BCUT2D eigenvalue weighted by Crippen LogP contribution is 2.44. The van der Waals surface area contributed by atoms with E-state index < -0.39 is 0 Å². The molecule has 2 aliphatic carbocycles. The van der Waals surface area contributed by atoms with Gasteiger partial charge in [-0.3, -0.25) is 0 Å². The van der Waals surface area contributed by atoms with Crippen LogP contribution in [-0.2, 0) is 0 Å². The molecule has 1 heterocycles. The fourth-order valence-electron chi connectivity index (χ4n) is 3.87. The second-order valence-electron chi connectivity index (χ2n) is 6.30. The van der Waals surface area contributed by atoms with Crippen molar-refractivity contribution in [1.29, 1.82) is 0 Å². The molecule has 5 heteroatoms. The molecular weight excluding hydrogens is 298 g/mol. The summed E-state index contributed by atoms with van der Waals surface area (Å²) in [7, 11) is 0. The van der Waals surface area contributed by atoms with Crippen molar-refractivity contribution >= 4 is 44.6 Å². The number of nitrogens with one attached hydrogen (secondary N) is 2. The van der Waals surface area contributed by atoms with Crippen LogP contribution in [0.1, 0.15) is 30.7 Å². The van der Waals surface area contributed by atoms with Crippen LogP contribution in [0.3, 0.4) is 0 Å². The van der Waals surface area contributed by atoms with Gasteiger partial charge in [-0.2, -0.15) is 0 Å². The van der Waals surface area contributed by atoms with Gasteiger partial charge in [0.05, 0.1) is 15.2 Å². The Morgan fingerprint density at radius 2 is 2.24 bits per heavy atom. The zero-order chi connectivity index (χ0) is 14.4. The summed E-state index contributed by atoms with van der Waals surface area (Å²) in [5.74, 6) is 1.77. The van der Waals surface area contributed by atoms with Crippen LogP contribution in [0.2, 0.25) is 0 Å². The number of nitrogens with zero attached hydrogens (tertiary/aromatic N) is 1. The third kappa shape index (κ3) is 2.64. The van der Waals surface area contributed by atoms with Gasteiger partial charge >= 0.3 is 0 Å². The monoisotopic (exact) mass is 317 g/mol. The third-order valence-electron chi connectivity index (χ3n) is 4.81. The fourth-order valence-corrected chi connectivity index (χ4v) is 5.01. The molecule has 21 heavy (non-hydrogen) atoms. The summed E-state index contributed by atoms with van der Waals surface area (Å²) in [6.07, 6.45) is 5.48. The Balaban J connectivity index is 1.43. The molecule has 1 aromatic heterocycles. The van der Waals surface area contributed by atoms with Crippen LogP contribution in [0.5, 0.6) is 0 Å². The van der Waals surface area contributed by atoms with E-state index in [1.165, 1.54) is 30.4 Å². The minimum absolute atomic E-state index is 0.582. The van der Waals surface area contributed by atoms with Crippen LogP contribution in [0.15, 0.2) is 18.2 Å². The molecule has 2 fully saturated rings. The SMILES string of the molecule is Cc1nc2ccc(NC(=S)N[C@H]3C[C@@H]4CC[C@@H]3C4)cc2s1. The largest absolute Gasteiger partial charge is 0.359 e. The first-order valence-electron chi connectivity index (χ1n) is 7.62. The first kappa shape index (κ1) is 13.5.